The number of hydrogen-bond donors (Lipinski definition) is 2. The van der Waals surface area contributed by atoms with Crippen molar-refractivity contribution in [2.75, 3.05) is 5.32 Å². The second-order valence-corrected chi connectivity index (χ2v) is 10.0. The standard InChI is InChI=1S/C25H29N9O2/c1-25(2,3)23-32-21(33-36-23)22(35)30-19-8-6-5-7-15-11-16(12-27-20(15)19)18-9-10-26-24(31-18)29-17-13-28-34(4)14-17/h9-14,19H,5-8H2,1-4H3,(H,30,35)(H,26,29,31)/t19-/m0/s1. The SMILES string of the molecule is Cn1cc(Nc2nccc(-c3cnc4c(c3)CCCC[C@@H]4NC(=O)c3noc(C(C)(C)C)n3)n2)cn1. The first-order valence-corrected chi connectivity index (χ1v) is 12.0. The lowest BCUT2D eigenvalue weighted by molar-refractivity contribution is 0.0920. The number of anilines is 2. The van der Waals surface area contributed by atoms with Crippen molar-refractivity contribution in [1.29, 1.82) is 0 Å². The van der Waals surface area contributed by atoms with Gasteiger partial charge in [-0.2, -0.15) is 10.1 Å². The van der Waals surface area contributed by atoms with Gasteiger partial charge in [-0.1, -0.05) is 32.3 Å². The Labute approximate surface area is 208 Å². The molecule has 11 heteroatoms. The molecule has 0 aliphatic heterocycles. The zero-order chi connectivity index (χ0) is 25.3. The van der Waals surface area contributed by atoms with Gasteiger partial charge in [-0.05, 0) is 37.0 Å². The molecule has 4 heterocycles. The predicted molar refractivity (Wildman–Crippen MR) is 133 cm³/mol. The van der Waals surface area contributed by atoms with Gasteiger partial charge in [-0.25, -0.2) is 9.97 Å². The zero-order valence-corrected chi connectivity index (χ0v) is 20.8. The van der Waals surface area contributed by atoms with Crippen LogP contribution in [0.3, 0.4) is 0 Å². The second kappa shape index (κ2) is 9.48. The Morgan fingerprint density at radius 1 is 1.17 bits per heavy atom. The number of hydrogen-bond acceptors (Lipinski definition) is 9. The van der Waals surface area contributed by atoms with Gasteiger partial charge in [0.05, 0.1) is 29.3 Å². The smallest absolute Gasteiger partial charge is 0.293 e. The molecule has 186 valence electrons. The Hall–Kier alpha value is -4.15. The summed E-state index contributed by atoms with van der Waals surface area (Å²) in [5.74, 6) is 0.589. The van der Waals surface area contributed by atoms with E-state index < -0.39 is 0 Å². The molecule has 0 saturated carbocycles. The van der Waals surface area contributed by atoms with Crippen LogP contribution in [0, 0.1) is 0 Å². The summed E-state index contributed by atoms with van der Waals surface area (Å²) in [6.45, 7) is 5.88. The average Bonchev–Trinajstić information content (AvgIpc) is 3.46. The second-order valence-electron chi connectivity index (χ2n) is 10.0. The highest BCUT2D eigenvalue weighted by Gasteiger charge is 2.27. The van der Waals surface area contributed by atoms with E-state index in [1.807, 2.05) is 40.1 Å². The molecule has 1 aliphatic carbocycles. The third kappa shape index (κ3) is 5.09. The van der Waals surface area contributed by atoms with Gasteiger partial charge in [0, 0.05) is 36.6 Å². The predicted octanol–water partition coefficient (Wildman–Crippen LogP) is 3.89. The van der Waals surface area contributed by atoms with Crippen molar-refractivity contribution in [2.24, 2.45) is 7.05 Å². The molecule has 2 N–H and O–H groups in total. The summed E-state index contributed by atoms with van der Waals surface area (Å²) >= 11 is 0. The van der Waals surface area contributed by atoms with E-state index >= 15 is 0 Å². The van der Waals surface area contributed by atoms with Crippen LogP contribution in [-0.2, 0) is 18.9 Å². The summed E-state index contributed by atoms with van der Waals surface area (Å²) in [4.78, 5) is 30.9. The van der Waals surface area contributed by atoms with Gasteiger partial charge in [-0.15, -0.1) is 0 Å². The van der Waals surface area contributed by atoms with Gasteiger partial charge in [0.15, 0.2) is 0 Å². The van der Waals surface area contributed by atoms with Gasteiger partial charge in [0.25, 0.3) is 11.7 Å². The molecule has 0 fully saturated rings. The highest BCUT2D eigenvalue weighted by Crippen LogP contribution is 2.30. The van der Waals surface area contributed by atoms with Crippen LogP contribution < -0.4 is 10.6 Å². The third-order valence-corrected chi connectivity index (χ3v) is 6.01. The Kier molecular flexibility index (Phi) is 6.21. The first-order chi connectivity index (χ1) is 17.3. The third-order valence-electron chi connectivity index (χ3n) is 6.01. The van der Waals surface area contributed by atoms with Crippen LogP contribution in [0.4, 0.5) is 11.6 Å². The summed E-state index contributed by atoms with van der Waals surface area (Å²) in [6, 6.07) is 3.74. The minimum absolute atomic E-state index is 0.0389. The monoisotopic (exact) mass is 487 g/mol. The Morgan fingerprint density at radius 2 is 2.03 bits per heavy atom. The molecule has 0 unspecified atom stereocenters. The van der Waals surface area contributed by atoms with E-state index in [-0.39, 0.29) is 23.2 Å². The van der Waals surface area contributed by atoms with Crippen LogP contribution in [0.2, 0.25) is 0 Å². The van der Waals surface area contributed by atoms with Crippen molar-refractivity contribution < 1.29 is 9.32 Å². The molecule has 0 saturated heterocycles. The van der Waals surface area contributed by atoms with Crippen LogP contribution in [-0.4, -0.2) is 40.8 Å². The van der Waals surface area contributed by atoms with E-state index in [9.17, 15) is 4.79 Å². The maximum atomic E-state index is 12.9. The number of nitrogens with zero attached hydrogens (tertiary/aromatic N) is 7. The first kappa shape index (κ1) is 23.6. The fourth-order valence-electron chi connectivity index (χ4n) is 4.15. The number of nitrogens with one attached hydrogen (secondary N) is 2. The number of aromatic nitrogens is 7. The van der Waals surface area contributed by atoms with Crippen molar-refractivity contribution in [3.05, 3.63) is 59.9 Å². The molecular formula is C25H29N9O2. The lowest BCUT2D eigenvalue weighted by Crippen LogP contribution is -2.30. The lowest BCUT2D eigenvalue weighted by atomic mass is 9.97. The Morgan fingerprint density at radius 3 is 2.78 bits per heavy atom. The molecule has 0 spiro atoms. The number of pyridine rings is 1. The number of rotatable bonds is 5. The van der Waals surface area contributed by atoms with Crippen molar-refractivity contribution in [3.8, 4) is 11.3 Å². The number of amides is 1. The van der Waals surface area contributed by atoms with Crippen LogP contribution in [0.25, 0.3) is 11.3 Å². The Bertz CT molecular complexity index is 1390. The molecule has 1 amide bonds. The molecule has 0 bridgehead atoms. The van der Waals surface area contributed by atoms with Crippen molar-refractivity contribution in [1.82, 2.24) is 40.2 Å². The summed E-state index contributed by atoms with van der Waals surface area (Å²) in [5.41, 5.74) is 4.10. The van der Waals surface area contributed by atoms with E-state index in [4.69, 9.17) is 9.51 Å². The maximum Gasteiger partial charge on any atom is 0.293 e. The van der Waals surface area contributed by atoms with Gasteiger partial charge < -0.3 is 15.2 Å². The van der Waals surface area contributed by atoms with Gasteiger partial charge in [-0.3, -0.25) is 14.5 Å². The van der Waals surface area contributed by atoms with Gasteiger partial charge >= 0.3 is 0 Å². The number of aryl methyl sites for hydroxylation is 2. The zero-order valence-electron chi connectivity index (χ0n) is 20.8. The van der Waals surface area contributed by atoms with Crippen molar-refractivity contribution in [2.45, 2.75) is 57.9 Å². The highest BCUT2D eigenvalue weighted by molar-refractivity contribution is 5.90. The van der Waals surface area contributed by atoms with Crippen LogP contribution >= 0.6 is 0 Å². The van der Waals surface area contributed by atoms with Crippen molar-refractivity contribution in [3.63, 3.8) is 0 Å². The summed E-state index contributed by atoms with van der Waals surface area (Å²) in [6.07, 6.45) is 10.7. The number of carbonyl (C=O) groups excluding carboxylic acids is 1. The van der Waals surface area contributed by atoms with E-state index in [1.165, 1.54) is 0 Å². The molecule has 36 heavy (non-hydrogen) atoms. The molecule has 11 nitrogen and oxygen atoms in total. The fraction of sp³-hybridized carbons (Fsp3) is 0.400. The van der Waals surface area contributed by atoms with E-state index in [2.05, 4.69) is 41.9 Å². The Balaban J connectivity index is 1.36. The van der Waals surface area contributed by atoms with Gasteiger partial charge in [0.1, 0.15) is 0 Å². The molecule has 1 aliphatic rings. The van der Waals surface area contributed by atoms with E-state index in [0.717, 1.165) is 53.9 Å². The molecule has 1 atom stereocenters. The molecule has 0 aromatic carbocycles. The maximum absolute atomic E-state index is 12.9. The van der Waals surface area contributed by atoms with Crippen LogP contribution in [0.15, 0.2) is 41.4 Å². The lowest BCUT2D eigenvalue weighted by Gasteiger charge is -2.18. The summed E-state index contributed by atoms with van der Waals surface area (Å²) in [7, 11) is 1.85. The largest absolute Gasteiger partial charge is 0.341 e. The van der Waals surface area contributed by atoms with Crippen LogP contribution in [0.1, 0.15) is 73.8 Å². The molecule has 5 rings (SSSR count). The average molecular weight is 488 g/mol. The molecule has 4 aromatic rings. The number of carbonyl (C=O) groups is 1. The van der Waals surface area contributed by atoms with Crippen LogP contribution in [0.5, 0.6) is 0 Å². The van der Waals surface area contributed by atoms with Gasteiger partial charge in [0.2, 0.25) is 11.8 Å². The fourth-order valence-corrected chi connectivity index (χ4v) is 4.15. The minimum Gasteiger partial charge on any atom is -0.341 e. The van der Waals surface area contributed by atoms with Crippen molar-refractivity contribution >= 4 is 17.5 Å². The first-order valence-electron chi connectivity index (χ1n) is 12.0. The summed E-state index contributed by atoms with van der Waals surface area (Å²) in [5, 5.41) is 14.3. The highest BCUT2D eigenvalue weighted by atomic mass is 16.5. The van der Waals surface area contributed by atoms with E-state index in [0.29, 0.717) is 11.8 Å². The molecular weight excluding hydrogens is 458 g/mol. The molecule has 4 aromatic heterocycles. The topological polar surface area (TPSA) is 137 Å². The normalized spacial score (nSPS) is 15.7. The minimum atomic E-state index is -0.361. The van der Waals surface area contributed by atoms with E-state index in [1.54, 1.807) is 23.3 Å². The quantitative estimate of drug-likeness (QED) is 0.402. The number of fused-ring (bicyclic) bond motifs is 1. The molecule has 0 radical (unpaired) electrons. The summed E-state index contributed by atoms with van der Waals surface area (Å²) < 4.78 is 7.00.